The van der Waals surface area contributed by atoms with E-state index in [1.165, 1.54) is 84.6 Å². The van der Waals surface area contributed by atoms with Gasteiger partial charge in [-0.1, -0.05) is 24.3 Å². The molecule has 2 heterocycles. The van der Waals surface area contributed by atoms with Crippen LogP contribution >= 0.6 is 0 Å². The van der Waals surface area contributed by atoms with Gasteiger partial charge in [0.05, 0.1) is 0 Å². The molecule has 0 unspecified atom stereocenters. The zero-order valence-corrected chi connectivity index (χ0v) is 27.2. The van der Waals surface area contributed by atoms with E-state index in [4.69, 9.17) is 4.98 Å². The SMILES string of the molecule is c1ccc2cc(-c3c4ccccc4c(-c4ccc5ccccc5c4)c4cc(-c5cc6[se]c7ccccc7c6cn5)ccc34)ccc2c1. The van der Waals surface area contributed by atoms with E-state index in [2.05, 4.69) is 164 Å². The zero-order chi connectivity index (χ0) is 30.9. The van der Waals surface area contributed by atoms with E-state index in [-0.39, 0.29) is 14.5 Å². The van der Waals surface area contributed by atoms with Crippen molar-refractivity contribution >= 4 is 76.9 Å². The molecule has 2 heteroatoms. The van der Waals surface area contributed by atoms with Crippen LogP contribution in [0.25, 0.3) is 95.9 Å². The molecule has 0 atom stereocenters. The Morgan fingerprint density at radius 1 is 0.340 bits per heavy atom. The third-order valence-electron chi connectivity index (χ3n) is 9.66. The van der Waals surface area contributed by atoms with E-state index in [1.54, 1.807) is 0 Å². The maximum absolute atomic E-state index is 5.06. The molecule has 0 aliphatic rings. The number of pyridine rings is 1. The van der Waals surface area contributed by atoms with E-state index in [0.717, 1.165) is 11.3 Å². The fourth-order valence-corrected chi connectivity index (χ4v) is 9.77. The minimum atomic E-state index is 0.288. The van der Waals surface area contributed by atoms with Crippen molar-refractivity contribution in [2.45, 2.75) is 0 Å². The summed E-state index contributed by atoms with van der Waals surface area (Å²) in [5.74, 6) is 0. The van der Waals surface area contributed by atoms with Crippen LogP contribution in [0.3, 0.4) is 0 Å². The van der Waals surface area contributed by atoms with Crippen molar-refractivity contribution in [1.82, 2.24) is 4.98 Å². The molecular formula is C45H27NSe. The van der Waals surface area contributed by atoms with Gasteiger partial charge in [0, 0.05) is 0 Å². The summed E-state index contributed by atoms with van der Waals surface area (Å²) < 4.78 is 2.85. The molecular weight excluding hydrogens is 633 g/mol. The van der Waals surface area contributed by atoms with Gasteiger partial charge in [-0.05, 0) is 0 Å². The number of nitrogens with zero attached hydrogens (tertiary/aromatic N) is 1. The summed E-state index contributed by atoms with van der Waals surface area (Å²) in [4.78, 5) is 5.06. The fraction of sp³-hybridized carbons (Fsp3) is 0. The van der Waals surface area contributed by atoms with Gasteiger partial charge < -0.3 is 0 Å². The predicted octanol–water partition coefficient (Wildman–Crippen LogP) is 12.1. The summed E-state index contributed by atoms with van der Waals surface area (Å²) in [5.41, 5.74) is 7.19. The van der Waals surface area contributed by atoms with Crippen molar-refractivity contribution < 1.29 is 0 Å². The Bertz CT molecular complexity index is 2860. The second kappa shape index (κ2) is 10.5. The molecule has 218 valence electrons. The Morgan fingerprint density at radius 3 is 1.55 bits per heavy atom. The van der Waals surface area contributed by atoms with Gasteiger partial charge >= 0.3 is 255 Å². The average molecular weight is 661 g/mol. The van der Waals surface area contributed by atoms with Crippen molar-refractivity contribution in [3.63, 3.8) is 0 Å². The van der Waals surface area contributed by atoms with E-state index >= 15 is 0 Å². The molecule has 0 spiro atoms. The third kappa shape index (κ3) is 4.27. The fourth-order valence-electron chi connectivity index (χ4n) is 7.43. The number of aromatic nitrogens is 1. The molecule has 1 nitrogen and oxygen atoms in total. The minimum absolute atomic E-state index is 0.288. The van der Waals surface area contributed by atoms with Crippen LogP contribution in [0.4, 0.5) is 0 Å². The molecule has 0 saturated heterocycles. The summed E-state index contributed by atoms with van der Waals surface area (Å²) in [6.07, 6.45) is 2.09. The number of benzene rings is 8. The van der Waals surface area contributed by atoms with Crippen LogP contribution in [0, 0.1) is 0 Å². The van der Waals surface area contributed by atoms with Gasteiger partial charge in [-0.3, -0.25) is 0 Å². The molecule has 0 aliphatic carbocycles. The predicted molar refractivity (Wildman–Crippen MR) is 203 cm³/mol. The Morgan fingerprint density at radius 2 is 0.872 bits per heavy atom. The van der Waals surface area contributed by atoms with E-state index in [9.17, 15) is 0 Å². The molecule has 0 N–H and O–H groups in total. The average Bonchev–Trinajstić information content (AvgIpc) is 3.51. The smallest absolute Gasteiger partial charge is 0.0544 e. The van der Waals surface area contributed by atoms with Crippen LogP contribution in [0.1, 0.15) is 0 Å². The molecule has 10 aromatic rings. The Balaban J connectivity index is 1.29. The van der Waals surface area contributed by atoms with E-state index < -0.39 is 0 Å². The Kier molecular flexibility index (Phi) is 5.96. The Labute approximate surface area is 278 Å². The van der Waals surface area contributed by atoms with Gasteiger partial charge in [-0.2, -0.15) is 0 Å². The molecule has 8 aromatic carbocycles. The monoisotopic (exact) mass is 661 g/mol. The van der Waals surface area contributed by atoms with Crippen LogP contribution in [-0.4, -0.2) is 19.5 Å². The topological polar surface area (TPSA) is 12.9 Å². The van der Waals surface area contributed by atoms with Gasteiger partial charge in [0.25, 0.3) is 0 Å². The third-order valence-corrected chi connectivity index (χ3v) is 12.0. The first-order chi connectivity index (χ1) is 23.3. The van der Waals surface area contributed by atoms with Crippen molar-refractivity contribution in [2.75, 3.05) is 0 Å². The van der Waals surface area contributed by atoms with Crippen LogP contribution in [0.15, 0.2) is 164 Å². The number of rotatable bonds is 3. The minimum Gasteiger partial charge on any atom is -0.0544 e. The number of fused-ring (bicyclic) bond motifs is 7. The molecule has 2 aromatic heterocycles. The van der Waals surface area contributed by atoms with Crippen molar-refractivity contribution in [1.29, 1.82) is 0 Å². The van der Waals surface area contributed by atoms with Gasteiger partial charge in [0.2, 0.25) is 0 Å². The first kappa shape index (κ1) is 26.7. The second-order valence-electron chi connectivity index (χ2n) is 12.3. The molecule has 0 fully saturated rings. The number of hydrogen-bond donors (Lipinski definition) is 0. The zero-order valence-electron chi connectivity index (χ0n) is 25.4. The van der Waals surface area contributed by atoms with Gasteiger partial charge in [0.1, 0.15) is 0 Å². The van der Waals surface area contributed by atoms with E-state index in [1.807, 2.05) is 0 Å². The van der Waals surface area contributed by atoms with Gasteiger partial charge in [-0.15, -0.1) is 0 Å². The Hall–Kier alpha value is -5.53. The molecule has 0 amide bonds. The maximum atomic E-state index is 5.06. The standard InChI is InChI=1S/C45H27NSe/c1-3-11-30-23-33(19-17-28(30)9-1)44-36-14-5-6-15-37(36)45(34-20-18-29-10-2-4-12-31(29)24-34)39-25-32(21-22-38(39)44)41-26-43-40(27-46-41)35-13-7-8-16-42(35)47-43/h1-27H. The van der Waals surface area contributed by atoms with Crippen LogP contribution in [-0.2, 0) is 0 Å². The van der Waals surface area contributed by atoms with Crippen molar-refractivity contribution in [2.24, 2.45) is 0 Å². The van der Waals surface area contributed by atoms with Crippen LogP contribution in [0.2, 0.25) is 0 Å². The molecule has 10 rings (SSSR count). The van der Waals surface area contributed by atoms with Crippen LogP contribution in [0.5, 0.6) is 0 Å². The van der Waals surface area contributed by atoms with Crippen molar-refractivity contribution in [3.05, 3.63) is 164 Å². The summed E-state index contributed by atoms with van der Waals surface area (Å²) in [5, 5.41) is 12.7. The summed E-state index contributed by atoms with van der Waals surface area (Å²) >= 11 is 0.288. The van der Waals surface area contributed by atoms with Gasteiger partial charge in [-0.25, -0.2) is 0 Å². The molecule has 0 bridgehead atoms. The first-order valence-electron chi connectivity index (χ1n) is 16.0. The van der Waals surface area contributed by atoms with E-state index in [0.29, 0.717) is 0 Å². The molecule has 47 heavy (non-hydrogen) atoms. The molecule has 0 saturated carbocycles. The van der Waals surface area contributed by atoms with Gasteiger partial charge in [0.15, 0.2) is 0 Å². The normalized spacial score (nSPS) is 11.8. The van der Waals surface area contributed by atoms with Crippen LogP contribution < -0.4 is 0 Å². The summed E-state index contributed by atoms with van der Waals surface area (Å²) in [6, 6.07) is 58.1. The first-order valence-corrected chi connectivity index (χ1v) is 17.7. The van der Waals surface area contributed by atoms with Crippen molar-refractivity contribution in [3.8, 4) is 33.5 Å². The molecule has 0 aliphatic heterocycles. The quantitative estimate of drug-likeness (QED) is 0.136. The molecule has 0 radical (unpaired) electrons. The second-order valence-corrected chi connectivity index (χ2v) is 14.6. The number of hydrogen-bond acceptors (Lipinski definition) is 1. The summed E-state index contributed by atoms with van der Waals surface area (Å²) in [6.45, 7) is 0. The summed E-state index contributed by atoms with van der Waals surface area (Å²) in [7, 11) is 0.